The first-order valence-electron chi connectivity index (χ1n) is 10.3. The molecule has 1 fully saturated rings. The molecule has 0 aliphatic carbocycles. The summed E-state index contributed by atoms with van der Waals surface area (Å²) < 4.78 is 5.78. The predicted molar refractivity (Wildman–Crippen MR) is 118 cm³/mol. The first-order chi connectivity index (χ1) is 15.1. The molecule has 158 valence electrons. The Kier molecular flexibility index (Phi) is 6.29. The summed E-state index contributed by atoms with van der Waals surface area (Å²) in [5.41, 5.74) is 1.61. The Morgan fingerprint density at radius 2 is 1.61 bits per heavy atom. The fourth-order valence-corrected chi connectivity index (χ4v) is 3.71. The Labute approximate surface area is 180 Å². The molecule has 3 aromatic carbocycles. The predicted octanol–water partition coefficient (Wildman–Crippen LogP) is 3.53. The van der Waals surface area contributed by atoms with Crippen molar-refractivity contribution in [2.45, 2.75) is 25.0 Å². The molecule has 4 rings (SSSR count). The molecule has 6 heteroatoms. The van der Waals surface area contributed by atoms with E-state index in [0.29, 0.717) is 30.0 Å². The number of carbonyl (C=O) groups is 2. The average molecular weight is 416 g/mol. The number of benzene rings is 3. The van der Waals surface area contributed by atoms with Crippen molar-refractivity contribution in [3.05, 3.63) is 90.5 Å². The van der Waals surface area contributed by atoms with Gasteiger partial charge in [0.05, 0.1) is 12.1 Å². The van der Waals surface area contributed by atoms with E-state index in [2.05, 4.69) is 10.6 Å². The Hall–Kier alpha value is -3.64. The van der Waals surface area contributed by atoms with E-state index in [1.165, 1.54) is 0 Å². The maximum atomic E-state index is 12.8. The molecule has 1 heterocycles. The van der Waals surface area contributed by atoms with Gasteiger partial charge in [-0.25, -0.2) is 0 Å². The van der Waals surface area contributed by atoms with E-state index >= 15 is 0 Å². The van der Waals surface area contributed by atoms with Crippen LogP contribution in [0.1, 0.15) is 12.0 Å². The van der Waals surface area contributed by atoms with E-state index < -0.39 is 29.9 Å². The summed E-state index contributed by atoms with van der Waals surface area (Å²) in [4.78, 5) is 25.1. The molecule has 0 bridgehead atoms. The van der Waals surface area contributed by atoms with Crippen LogP contribution >= 0.6 is 0 Å². The van der Waals surface area contributed by atoms with Gasteiger partial charge in [-0.3, -0.25) is 9.59 Å². The van der Waals surface area contributed by atoms with Crippen molar-refractivity contribution in [3.63, 3.8) is 0 Å². The van der Waals surface area contributed by atoms with Gasteiger partial charge in [-0.05, 0) is 42.7 Å². The minimum Gasteiger partial charge on any atom is -0.457 e. The molecule has 0 radical (unpaired) electrons. The number of ether oxygens (including phenoxy) is 1. The second kappa shape index (κ2) is 9.45. The van der Waals surface area contributed by atoms with Crippen LogP contribution in [0.3, 0.4) is 0 Å². The zero-order valence-electron chi connectivity index (χ0n) is 16.9. The number of para-hydroxylation sites is 1. The highest BCUT2D eigenvalue weighted by atomic mass is 16.5. The molecule has 1 aliphatic rings. The number of hydrogen-bond donors (Lipinski definition) is 3. The van der Waals surface area contributed by atoms with Crippen molar-refractivity contribution < 1.29 is 19.4 Å². The van der Waals surface area contributed by atoms with Gasteiger partial charge in [-0.2, -0.15) is 0 Å². The molecule has 0 aromatic heterocycles. The fraction of sp³-hybridized carbons (Fsp3) is 0.200. The number of aryl methyl sites for hydroxylation is 1. The normalized spacial score (nSPS) is 20.2. The summed E-state index contributed by atoms with van der Waals surface area (Å²) >= 11 is 0. The van der Waals surface area contributed by atoms with E-state index in [0.717, 1.165) is 5.56 Å². The van der Waals surface area contributed by atoms with Crippen LogP contribution in [0.25, 0.3) is 0 Å². The molecule has 3 N–H and O–H groups in total. The van der Waals surface area contributed by atoms with Gasteiger partial charge in [0, 0.05) is 11.8 Å². The molecule has 3 aromatic rings. The number of nitrogens with one attached hydrogen (secondary N) is 2. The average Bonchev–Trinajstić information content (AvgIpc) is 3.07. The maximum Gasteiger partial charge on any atom is 0.239 e. The quantitative estimate of drug-likeness (QED) is 0.514. The molecule has 2 amide bonds. The Morgan fingerprint density at radius 1 is 0.935 bits per heavy atom. The van der Waals surface area contributed by atoms with E-state index in [-0.39, 0.29) is 0 Å². The van der Waals surface area contributed by atoms with Crippen LogP contribution in [-0.4, -0.2) is 29.1 Å². The first-order valence-corrected chi connectivity index (χ1v) is 10.3. The lowest BCUT2D eigenvalue weighted by molar-refractivity contribution is -0.132. The highest BCUT2D eigenvalue weighted by Crippen LogP contribution is 2.26. The lowest BCUT2D eigenvalue weighted by Crippen LogP contribution is -2.36. The monoisotopic (exact) mass is 416 g/mol. The number of anilines is 1. The van der Waals surface area contributed by atoms with Crippen molar-refractivity contribution in [1.29, 1.82) is 0 Å². The van der Waals surface area contributed by atoms with Crippen LogP contribution in [0.15, 0.2) is 84.9 Å². The van der Waals surface area contributed by atoms with E-state index in [9.17, 15) is 14.7 Å². The molecule has 0 saturated carbocycles. The van der Waals surface area contributed by atoms with E-state index in [1.807, 2.05) is 60.7 Å². The van der Waals surface area contributed by atoms with Crippen molar-refractivity contribution in [1.82, 2.24) is 5.32 Å². The Bertz CT molecular complexity index is 1040. The molecule has 3 unspecified atom stereocenters. The maximum absolute atomic E-state index is 12.8. The van der Waals surface area contributed by atoms with Gasteiger partial charge >= 0.3 is 0 Å². The zero-order valence-corrected chi connectivity index (χ0v) is 16.9. The van der Waals surface area contributed by atoms with E-state index in [4.69, 9.17) is 4.74 Å². The Morgan fingerprint density at radius 3 is 2.35 bits per heavy atom. The Balaban J connectivity index is 1.38. The number of rotatable bonds is 7. The van der Waals surface area contributed by atoms with Gasteiger partial charge in [-0.1, -0.05) is 54.6 Å². The molecule has 3 atom stereocenters. The smallest absolute Gasteiger partial charge is 0.239 e. The summed E-state index contributed by atoms with van der Waals surface area (Å²) in [6.45, 7) is 0. The first kappa shape index (κ1) is 20.6. The molecule has 6 nitrogen and oxygen atoms in total. The van der Waals surface area contributed by atoms with Crippen molar-refractivity contribution >= 4 is 17.5 Å². The largest absolute Gasteiger partial charge is 0.457 e. The summed E-state index contributed by atoms with van der Waals surface area (Å²) in [5, 5.41) is 16.1. The second-order valence-corrected chi connectivity index (χ2v) is 7.54. The molecule has 1 aliphatic heterocycles. The van der Waals surface area contributed by atoms with Gasteiger partial charge in [0.2, 0.25) is 11.8 Å². The van der Waals surface area contributed by atoms with Gasteiger partial charge in [0.15, 0.2) is 0 Å². The van der Waals surface area contributed by atoms with Crippen LogP contribution < -0.4 is 15.4 Å². The highest BCUT2D eigenvalue weighted by Gasteiger charge is 2.45. The van der Waals surface area contributed by atoms with Gasteiger partial charge in [0.1, 0.15) is 17.4 Å². The lowest BCUT2D eigenvalue weighted by atomic mass is 9.96. The van der Waals surface area contributed by atoms with Crippen molar-refractivity contribution in [2.75, 3.05) is 5.32 Å². The lowest BCUT2D eigenvalue weighted by Gasteiger charge is -2.17. The van der Waals surface area contributed by atoms with Crippen molar-refractivity contribution in [3.8, 4) is 11.5 Å². The summed E-state index contributed by atoms with van der Waals surface area (Å²) in [7, 11) is 0. The summed E-state index contributed by atoms with van der Waals surface area (Å²) in [5.74, 6) is -0.915. The molecule has 0 spiro atoms. The van der Waals surface area contributed by atoms with Crippen LogP contribution in [-0.2, 0) is 16.0 Å². The fourth-order valence-electron chi connectivity index (χ4n) is 3.71. The highest BCUT2D eigenvalue weighted by molar-refractivity contribution is 6.08. The topological polar surface area (TPSA) is 87.7 Å². The van der Waals surface area contributed by atoms with Crippen LogP contribution in [0, 0.1) is 5.92 Å². The van der Waals surface area contributed by atoms with Gasteiger partial charge in [-0.15, -0.1) is 0 Å². The van der Waals surface area contributed by atoms with Gasteiger partial charge < -0.3 is 20.5 Å². The van der Waals surface area contributed by atoms with Crippen LogP contribution in [0.5, 0.6) is 11.5 Å². The number of amides is 2. The minimum absolute atomic E-state index is 0.459. The molecular formula is C25H24N2O4. The standard InChI is InChI=1S/C25H24N2O4/c28-23-21(15-14-17-8-3-1-4-9-17)27-25(30)22(23)24(29)26-18-10-7-13-20(16-18)31-19-11-5-2-6-12-19/h1-13,16,21-23,28H,14-15H2,(H,26,29)(H,27,30). The third-order valence-corrected chi connectivity index (χ3v) is 5.31. The SMILES string of the molecule is O=C(Nc1cccc(Oc2ccccc2)c1)C1C(=O)NC(CCc2ccccc2)C1O. The number of hydrogen-bond acceptors (Lipinski definition) is 4. The number of aliphatic hydroxyl groups excluding tert-OH is 1. The van der Waals surface area contributed by atoms with Crippen molar-refractivity contribution in [2.24, 2.45) is 5.92 Å². The van der Waals surface area contributed by atoms with Crippen LogP contribution in [0.4, 0.5) is 5.69 Å². The second-order valence-electron chi connectivity index (χ2n) is 7.54. The third-order valence-electron chi connectivity index (χ3n) is 5.31. The van der Waals surface area contributed by atoms with E-state index in [1.54, 1.807) is 24.3 Å². The third kappa shape index (κ3) is 5.10. The number of carbonyl (C=O) groups excluding carboxylic acids is 2. The summed E-state index contributed by atoms with van der Waals surface area (Å²) in [6, 6.07) is 25.6. The summed E-state index contributed by atoms with van der Waals surface area (Å²) in [6.07, 6.45) is 0.178. The van der Waals surface area contributed by atoms with Crippen LogP contribution in [0.2, 0.25) is 0 Å². The zero-order chi connectivity index (χ0) is 21.6. The van der Waals surface area contributed by atoms with Gasteiger partial charge in [0.25, 0.3) is 0 Å². The molecule has 1 saturated heterocycles. The number of aliphatic hydroxyl groups is 1. The molecular weight excluding hydrogens is 392 g/mol. The molecule has 31 heavy (non-hydrogen) atoms. The minimum atomic E-state index is -1.15.